The zero-order valence-corrected chi connectivity index (χ0v) is 15.7. The van der Waals surface area contributed by atoms with Crippen LogP contribution in [0.4, 0.5) is 8.78 Å². The number of piperidine rings is 1. The van der Waals surface area contributed by atoms with E-state index in [0.29, 0.717) is 36.1 Å². The Morgan fingerprint density at radius 2 is 2.10 bits per heavy atom. The second-order valence-electron chi connectivity index (χ2n) is 7.09. The van der Waals surface area contributed by atoms with E-state index in [-0.39, 0.29) is 18.0 Å². The lowest BCUT2D eigenvalue weighted by atomic mass is 10.0. The van der Waals surface area contributed by atoms with E-state index in [1.54, 1.807) is 24.0 Å². The number of carbonyl (C=O) groups is 2. The molecule has 3 heterocycles. The highest BCUT2D eigenvalue weighted by Crippen LogP contribution is 2.18. The molecule has 1 atom stereocenters. The summed E-state index contributed by atoms with van der Waals surface area (Å²) in [6, 6.07) is 4.19. The molecule has 0 spiro atoms. The Morgan fingerprint density at radius 1 is 1.28 bits per heavy atom. The summed E-state index contributed by atoms with van der Waals surface area (Å²) >= 11 is 0. The van der Waals surface area contributed by atoms with E-state index < -0.39 is 23.6 Å². The van der Waals surface area contributed by atoms with Gasteiger partial charge in [0.25, 0.3) is 5.91 Å². The van der Waals surface area contributed by atoms with Gasteiger partial charge in [-0.05, 0) is 25.0 Å². The molecule has 0 saturated carbocycles. The maximum atomic E-state index is 13.9. The van der Waals surface area contributed by atoms with Crippen LogP contribution in [0.25, 0.3) is 11.2 Å². The van der Waals surface area contributed by atoms with Crippen LogP contribution in [0.3, 0.4) is 0 Å². The minimum atomic E-state index is -0.709. The number of nitrogens with zero attached hydrogens (tertiary/aromatic N) is 4. The van der Waals surface area contributed by atoms with Crippen LogP contribution in [-0.4, -0.2) is 43.8 Å². The maximum absolute atomic E-state index is 13.9. The van der Waals surface area contributed by atoms with Crippen LogP contribution < -0.4 is 5.32 Å². The molecule has 3 aromatic rings. The standard InChI is InChI=1S/C20H19F2N5O2/c1-26-11-24-17-7-13(9-23-18(17)26)19(28)25-16-3-2-6-27(20(16)29)10-12-4-5-14(21)8-15(12)22/h4-5,7-9,11,16H,2-3,6,10H2,1H3,(H,25,28)/t16-/m0/s1. The molecule has 0 aliphatic carbocycles. The molecule has 1 N–H and O–H groups in total. The number of benzene rings is 1. The lowest BCUT2D eigenvalue weighted by Crippen LogP contribution is -2.52. The number of amides is 2. The van der Waals surface area contributed by atoms with Gasteiger partial charge in [-0.2, -0.15) is 0 Å². The highest BCUT2D eigenvalue weighted by molar-refractivity contribution is 5.99. The van der Waals surface area contributed by atoms with Crippen molar-refractivity contribution < 1.29 is 18.4 Å². The molecule has 9 heteroatoms. The number of aromatic nitrogens is 3. The number of likely N-dealkylation sites (tertiary alicyclic amines) is 1. The zero-order chi connectivity index (χ0) is 20.5. The molecule has 4 rings (SSSR count). The third-order valence-electron chi connectivity index (χ3n) is 5.03. The van der Waals surface area contributed by atoms with Crippen LogP contribution in [0, 0.1) is 11.6 Å². The number of imidazole rings is 1. The van der Waals surface area contributed by atoms with Crippen molar-refractivity contribution in [2.45, 2.75) is 25.4 Å². The Balaban J connectivity index is 1.46. The third kappa shape index (κ3) is 3.80. The molecule has 0 bridgehead atoms. The predicted molar refractivity (Wildman–Crippen MR) is 101 cm³/mol. The molecule has 0 unspecified atom stereocenters. The Hall–Kier alpha value is -3.36. The van der Waals surface area contributed by atoms with Crippen molar-refractivity contribution in [2.75, 3.05) is 6.54 Å². The first-order valence-electron chi connectivity index (χ1n) is 9.23. The molecule has 1 aromatic carbocycles. The number of fused-ring (bicyclic) bond motifs is 1. The molecule has 1 fully saturated rings. The van der Waals surface area contributed by atoms with E-state index in [1.165, 1.54) is 17.2 Å². The number of aryl methyl sites for hydroxylation is 1. The Labute approximate surface area is 165 Å². The summed E-state index contributed by atoms with van der Waals surface area (Å²) in [4.78, 5) is 35.3. The van der Waals surface area contributed by atoms with Gasteiger partial charge in [-0.3, -0.25) is 9.59 Å². The Bertz CT molecular complexity index is 1100. The molecule has 0 radical (unpaired) electrons. The third-order valence-corrected chi connectivity index (χ3v) is 5.03. The van der Waals surface area contributed by atoms with Crippen molar-refractivity contribution in [1.82, 2.24) is 24.8 Å². The van der Waals surface area contributed by atoms with E-state index in [2.05, 4.69) is 15.3 Å². The van der Waals surface area contributed by atoms with Gasteiger partial charge in [-0.1, -0.05) is 6.07 Å². The van der Waals surface area contributed by atoms with Crippen molar-refractivity contribution in [3.05, 3.63) is 59.6 Å². The zero-order valence-electron chi connectivity index (χ0n) is 15.7. The van der Waals surface area contributed by atoms with Gasteiger partial charge < -0.3 is 14.8 Å². The molecule has 1 saturated heterocycles. The summed E-state index contributed by atoms with van der Waals surface area (Å²) in [5.41, 5.74) is 1.79. The fraction of sp³-hybridized carbons (Fsp3) is 0.300. The molecular formula is C20H19F2N5O2. The minimum absolute atomic E-state index is 0.0266. The van der Waals surface area contributed by atoms with E-state index in [9.17, 15) is 18.4 Å². The summed E-state index contributed by atoms with van der Waals surface area (Å²) in [5, 5.41) is 2.74. The van der Waals surface area contributed by atoms with Gasteiger partial charge in [0.1, 0.15) is 23.2 Å². The van der Waals surface area contributed by atoms with Crippen molar-refractivity contribution >= 4 is 23.0 Å². The Kier molecular flexibility index (Phi) is 4.96. The van der Waals surface area contributed by atoms with Gasteiger partial charge in [0, 0.05) is 38.0 Å². The van der Waals surface area contributed by atoms with Crippen molar-refractivity contribution in [1.29, 1.82) is 0 Å². The average molecular weight is 399 g/mol. The minimum Gasteiger partial charge on any atom is -0.340 e. The largest absolute Gasteiger partial charge is 0.340 e. The van der Waals surface area contributed by atoms with Crippen LogP contribution in [0.1, 0.15) is 28.8 Å². The molecule has 29 heavy (non-hydrogen) atoms. The van der Waals surface area contributed by atoms with E-state index in [1.807, 2.05) is 0 Å². The second kappa shape index (κ2) is 7.57. The van der Waals surface area contributed by atoms with Crippen LogP contribution in [0.5, 0.6) is 0 Å². The van der Waals surface area contributed by atoms with Gasteiger partial charge >= 0.3 is 0 Å². The van der Waals surface area contributed by atoms with Crippen LogP contribution in [0.15, 0.2) is 36.8 Å². The van der Waals surface area contributed by atoms with E-state index in [0.717, 1.165) is 12.1 Å². The van der Waals surface area contributed by atoms with Crippen LogP contribution in [-0.2, 0) is 18.4 Å². The number of carbonyl (C=O) groups excluding carboxylic acids is 2. The number of hydrogen-bond acceptors (Lipinski definition) is 4. The molecule has 150 valence electrons. The van der Waals surface area contributed by atoms with Gasteiger partial charge in [-0.15, -0.1) is 0 Å². The summed E-state index contributed by atoms with van der Waals surface area (Å²) in [6.45, 7) is 0.474. The quantitative estimate of drug-likeness (QED) is 0.729. The van der Waals surface area contributed by atoms with Gasteiger partial charge in [-0.25, -0.2) is 18.7 Å². The summed E-state index contributed by atoms with van der Waals surface area (Å²) < 4.78 is 28.8. The number of pyridine rings is 1. The topological polar surface area (TPSA) is 80.1 Å². The van der Waals surface area contributed by atoms with Gasteiger partial charge in [0.2, 0.25) is 5.91 Å². The first kappa shape index (κ1) is 19.0. The molecule has 2 amide bonds. The average Bonchev–Trinajstić information content (AvgIpc) is 3.07. The van der Waals surface area contributed by atoms with Crippen LogP contribution >= 0.6 is 0 Å². The van der Waals surface area contributed by atoms with Gasteiger partial charge in [0.15, 0.2) is 5.65 Å². The summed E-state index contributed by atoms with van der Waals surface area (Å²) in [6.07, 6.45) is 4.21. The highest BCUT2D eigenvalue weighted by atomic mass is 19.1. The number of halogens is 2. The van der Waals surface area contributed by atoms with Crippen molar-refractivity contribution in [3.8, 4) is 0 Å². The first-order valence-corrected chi connectivity index (χ1v) is 9.23. The van der Waals surface area contributed by atoms with E-state index in [4.69, 9.17) is 0 Å². The normalized spacial score (nSPS) is 17.0. The smallest absolute Gasteiger partial charge is 0.253 e. The lowest BCUT2D eigenvalue weighted by Gasteiger charge is -2.32. The fourth-order valence-electron chi connectivity index (χ4n) is 3.47. The highest BCUT2D eigenvalue weighted by Gasteiger charge is 2.30. The number of hydrogen-bond donors (Lipinski definition) is 1. The summed E-state index contributed by atoms with van der Waals surface area (Å²) in [5.74, 6) is -2.07. The lowest BCUT2D eigenvalue weighted by molar-refractivity contribution is -0.136. The van der Waals surface area contributed by atoms with Crippen molar-refractivity contribution in [3.63, 3.8) is 0 Å². The first-order chi connectivity index (χ1) is 13.9. The number of nitrogens with one attached hydrogen (secondary N) is 1. The number of rotatable bonds is 4. The molecule has 1 aliphatic heterocycles. The Morgan fingerprint density at radius 3 is 2.90 bits per heavy atom. The molecule has 2 aromatic heterocycles. The predicted octanol–water partition coefficient (Wildman–Crippen LogP) is 2.17. The SMILES string of the molecule is Cn1cnc2cc(C(=O)N[C@H]3CCCN(Cc4ccc(F)cc4F)C3=O)cnc21. The second-order valence-corrected chi connectivity index (χ2v) is 7.09. The molecule has 1 aliphatic rings. The van der Waals surface area contributed by atoms with Crippen molar-refractivity contribution in [2.24, 2.45) is 7.05 Å². The summed E-state index contributed by atoms with van der Waals surface area (Å²) in [7, 11) is 1.81. The van der Waals surface area contributed by atoms with E-state index >= 15 is 0 Å². The molecular weight excluding hydrogens is 380 g/mol. The maximum Gasteiger partial charge on any atom is 0.253 e. The van der Waals surface area contributed by atoms with Gasteiger partial charge in [0.05, 0.1) is 11.9 Å². The monoisotopic (exact) mass is 399 g/mol. The molecule has 7 nitrogen and oxygen atoms in total. The fourth-order valence-corrected chi connectivity index (χ4v) is 3.47. The van der Waals surface area contributed by atoms with Crippen LogP contribution in [0.2, 0.25) is 0 Å².